The molecular weight excluding hydrogens is 383 g/mol. The van der Waals surface area contributed by atoms with E-state index in [9.17, 15) is 14.0 Å². The van der Waals surface area contributed by atoms with Gasteiger partial charge in [0.1, 0.15) is 17.2 Å². The van der Waals surface area contributed by atoms with Crippen LogP contribution in [0.4, 0.5) is 10.2 Å². The van der Waals surface area contributed by atoms with Crippen LogP contribution in [0.1, 0.15) is 38.9 Å². The zero-order chi connectivity index (χ0) is 21.0. The molecule has 4 aromatic rings. The maximum atomic E-state index is 13.8. The zero-order valence-electron chi connectivity index (χ0n) is 16.3. The molecule has 5 nitrogen and oxygen atoms in total. The summed E-state index contributed by atoms with van der Waals surface area (Å²) in [4.78, 5) is 32.6. The van der Waals surface area contributed by atoms with E-state index in [1.54, 1.807) is 12.3 Å². The van der Waals surface area contributed by atoms with Crippen molar-refractivity contribution in [3.63, 3.8) is 0 Å². The van der Waals surface area contributed by atoms with Gasteiger partial charge in [-0.3, -0.25) is 14.5 Å². The molecule has 2 aromatic heterocycles. The SMILES string of the molecule is Cc1ccc([C@@H]2c3c(oc4ccc(F)cc4c3=O)C(=O)N2c2cc(C)ccn2)cc1. The third-order valence-corrected chi connectivity index (χ3v) is 5.37. The molecule has 0 spiro atoms. The highest BCUT2D eigenvalue weighted by molar-refractivity contribution is 6.10. The Labute approximate surface area is 171 Å². The number of anilines is 1. The lowest BCUT2D eigenvalue weighted by molar-refractivity contribution is 0.0970. The summed E-state index contributed by atoms with van der Waals surface area (Å²) in [7, 11) is 0. The molecule has 5 rings (SSSR count). The van der Waals surface area contributed by atoms with Gasteiger partial charge in [-0.1, -0.05) is 29.8 Å². The van der Waals surface area contributed by atoms with Crippen LogP contribution in [0.3, 0.4) is 0 Å². The lowest BCUT2D eigenvalue weighted by Gasteiger charge is -2.24. The van der Waals surface area contributed by atoms with Gasteiger partial charge in [0.2, 0.25) is 5.76 Å². The van der Waals surface area contributed by atoms with E-state index in [2.05, 4.69) is 4.98 Å². The second kappa shape index (κ2) is 6.62. The van der Waals surface area contributed by atoms with Gasteiger partial charge in [0.05, 0.1) is 17.0 Å². The molecular formula is C24H17FN2O3. The fourth-order valence-electron chi connectivity index (χ4n) is 3.90. The van der Waals surface area contributed by atoms with Crippen molar-refractivity contribution in [1.82, 2.24) is 4.98 Å². The molecule has 6 heteroatoms. The first-order chi connectivity index (χ1) is 14.4. The smallest absolute Gasteiger partial charge is 0.296 e. The second-order valence-corrected chi connectivity index (χ2v) is 7.49. The molecule has 0 aliphatic carbocycles. The van der Waals surface area contributed by atoms with Gasteiger partial charge in [-0.05, 0) is 55.3 Å². The van der Waals surface area contributed by atoms with Crippen molar-refractivity contribution in [1.29, 1.82) is 0 Å². The highest BCUT2D eigenvalue weighted by Gasteiger charge is 2.44. The third-order valence-electron chi connectivity index (χ3n) is 5.37. The predicted octanol–water partition coefficient (Wildman–Crippen LogP) is 4.69. The van der Waals surface area contributed by atoms with Crippen LogP contribution >= 0.6 is 0 Å². The van der Waals surface area contributed by atoms with Crippen molar-refractivity contribution in [3.05, 3.63) is 105 Å². The number of pyridine rings is 1. The Balaban J connectivity index is 1.83. The number of rotatable bonds is 2. The predicted molar refractivity (Wildman–Crippen MR) is 111 cm³/mol. The highest BCUT2D eigenvalue weighted by atomic mass is 19.1. The van der Waals surface area contributed by atoms with Crippen molar-refractivity contribution < 1.29 is 13.6 Å². The highest BCUT2D eigenvalue weighted by Crippen LogP contribution is 2.40. The van der Waals surface area contributed by atoms with E-state index in [4.69, 9.17) is 4.42 Å². The minimum Gasteiger partial charge on any atom is -0.450 e. The van der Waals surface area contributed by atoms with Crippen LogP contribution in [0.5, 0.6) is 0 Å². The topological polar surface area (TPSA) is 63.4 Å². The van der Waals surface area contributed by atoms with Crippen LogP contribution in [0.25, 0.3) is 11.0 Å². The normalized spacial score (nSPS) is 15.6. The summed E-state index contributed by atoms with van der Waals surface area (Å²) in [5.74, 6) is -0.597. The number of amides is 1. The van der Waals surface area contributed by atoms with Gasteiger partial charge in [0.15, 0.2) is 5.43 Å². The van der Waals surface area contributed by atoms with Crippen LogP contribution in [0.15, 0.2) is 70.0 Å². The van der Waals surface area contributed by atoms with Gasteiger partial charge < -0.3 is 4.42 Å². The molecule has 1 aliphatic rings. The molecule has 30 heavy (non-hydrogen) atoms. The van der Waals surface area contributed by atoms with Crippen molar-refractivity contribution >= 4 is 22.7 Å². The number of aryl methyl sites for hydroxylation is 2. The minimum atomic E-state index is -0.716. The molecule has 0 bridgehead atoms. The quantitative estimate of drug-likeness (QED) is 0.490. The van der Waals surface area contributed by atoms with Crippen LogP contribution in [-0.2, 0) is 0 Å². The van der Waals surface area contributed by atoms with E-state index in [-0.39, 0.29) is 22.3 Å². The fraction of sp³-hybridized carbons (Fsp3) is 0.125. The molecule has 0 saturated heterocycles. The van der Waals surface area contributed by atoms with Gasteiger partial charge in [0.25, 0.3) is 5.91 Å². The molecule has 0 N–H and O–H groups in total. The van der Waals surface area contributed by atoms with Gasteiger partial charge in [0, 0.05) is 6.20 Å². The molecule has 0 unspecified atom stereocenters. The average molecular weight is 400 g/mol. The summed E-state index contributed by atoms with van der Waals surface area (Å²) >= 11 is 0. The Morgan fingerprint density at radius 2 is 1.73 bits per heavy atom. The molecule has 148 valence electrons. The first-order valence-corrected chi connectivity index (χ1v) is 9.53. The maximum Gasteiger partial charge on any atom is 0.296 e. The van der Waals surface area contributed by atoms with Crippen molar-refractivity contribution in [2.45, 2.75) is 19.9 Å². The van der Waals surface area contributed by atoms with E-state index in [1.165, 1.54) is 17.0 Å². The number of carbonyl (C=O) groups excluding carboxylic acids is 1. The number of hydrogen-bond acceptors (Lipinski definition) is 4. The second-order valence-electron chi connectivity index (χ2n) is 7.49. The summed E-state index contributed by atoms with van der Waals surface area (Å²) in [6.07, 6.45) is 1.62. The molecule has 1 aliphatic heterocycles. The summed E-state index contributed by atoms with van der Waals surface area (Å²) in [6.45, 7) is 3.86. The molecule has 2 aromatic carbocycles. The van der Waals surface area contributed by atoms with Gasteiger partial charge in [-0.2, -0.15) is 0 Å². The lowest BCUT2D eigenvalue weighted by Crippen LogP contribution is -2.30. The van der Waals surface area contributed by atoms with Crippen molar-refractivity contribution in [3.8, 4) is 0 Å². The molecule has 0 saturated carbocycles. The average Bonchev–Trinajstić information content (AvgIpc) is 3.02. The number of carbonyl (C=O) groups is 1. The number of halogens is 1. The van der Waals surface area contributed by atoms with E-state index in [0.29, 0.717) is 5.82 Å². The Hall–Kier alpha value is -3.80. The monoisotopic (exact) mass is 400 g/mol. The largest absolute Gasteiger partial charge is 0.450 e. The van der Waals surface area contributed by atoms with Crippen molar-refractivity contribution in [2.24, 2.45) is 0 Å². The number of hydrogen-bond donors (Lipinski definition) is 0. The van der Waals surface area contributed by atoms with E-state index < -0.39 is 23.2 Å². The third kappa shape index (κ3) is 2.72. The molecule has 3 heterocycles. The van der Waals surface area contributed by atoms with Gasteiger partial charge in [-0.15, -0.1) is 0 Å². The van der Waals surface area contributed by atoms with Crippen LogP contribution < -0.4 is 10.3 Å². The van der Waals surface area contributed by atoms with Crippen molar-refractivity contribution in [2.75, 3.05) is 4.90 Å². The number of nitrogens with zero attached hydrogens (tertiary/aromatic N) is 2. The summed E-state index contributed by atoms with van der Waals surface area (Å²) in [5, 5.41) is 0.109. The number of aromatic nitrogens is 1. The summed E-state index contributed by atoms with van der Waals surface area (Å²) in [6, 6.07) is 14.2. The lowest BCUT2D eigenvalue weighted by atomic mass is 9.97. The molecule has 0 fully saturated rings. The van der Waals surface area contributed by atoms with Crippen LogP contribution in [-0.4, -0.2) is 10.9 Å². The van der Waals surface area contributed by atoms with Crippen LogP contribution in [0.2, 0.25) is 0 Å². The zero-order valence-corrected chi connectivity index (χ0v) is 16.3. The number of fused-ring (bicyclic) bond motifs is 2. The van der Waals surface area contributed by atoms with E-state index in [0.717, 1.165) is 22.8 Å². The number of benzene rings is 2. The first-order valence-electron chi connectivity index (χ1n) is 9.53. The Bertz CT molecular complexity index is 1380. The van der Waals surface area contributed by atoms with Crippen LogP contribution in [0, 0.1) is 19.7 Å². The fourth-order valence-corrected chi connectivity index (χ4v) is 3.90. The minimum absolute atomic E-state index is 0.0343. The Morgan fingerprint density at radius 3 is 2.47 bits per heavy atom. The maximum absolute atomic E-state index is 13.8. The van der Waals surface area contributed by atoms with E-state index in [1.807, 2.05) is 44.2 Å². The summed E-state index contributed by atoms with van der Waals surface area (Å²) in [5.41, 5.74) is 2.69. The van der Waals surface area contributed by atoms with E-state index >= 15 is 0 Å². The van der Waals surface area contributed by atoms with Gasteiger partial charge in [-0.25, -0.2) is 9.37 Å². The standard InChI is InChI=1S/C24H17FN2O3/c1-13-3-5-15(6-4-13)21-20-22(28)17-12-16(25)7-8-18(17)30-23(20)24(29)27(21)19-11-14(2)9-10-26-19/h3-12,21H,1-2H3/t21-/m1/s1. The Kier molecular flexibility index (Phi) is 4.03. The summed E-state index contributed by atoms with van der Waals surface area (Å²) < 4.78 is 19.7. The molecule has 1 amide bonds. The van der Waals surface area contributed by atoms with Gasteiger partial charge >= 0.3 is 0 Å². The molecule has 1 atom stereocenters. The molecule has 0 radical (unpaired) electrons. The first kappa shape index (κ1) is 18.2. The Morgan fingerprint density at radius 1 is 0.967 bits per heavy atom.